The number of alkyl carbamates (subject to hydrolysis) is 1. The lowest BCUT2D eigenvalue weighted by Gasteiger charge is -2.29. The van der Waals surface area contributed by atoms with Gasteiger partial charge in [-0.05, 0) is 48.4 Å². The van der Waals surface area contributed by atoms with Crippen LogP contribution >= 0.6 is 0 Å². The maximum atomic E-state index is 12.7. The molecule has 0 aliphatic heterocycles. The summed E-state index contributed by atoms with van der Waals surface area (Å²) in [5.74, 6) is -1.92. The molecular weight excluding hydrogens is 432 g/mol. The van der Waals surface area contributed by atoms with Crippen molar-refractivity contribution in [3.63, 3.8) is 0 Å². The van der Waals surface area contributed by atoms with E-state index in [1.807, 2.05) is 24.3 Å². The van der Waals surface area contributed by atoms with E-state index in [1.165, 1.54) is 11.1 Å². The number of aliphatic carboxylic acids is 1. The fourth-order valence-electron chi connectivity index (χ4n) is 5.06. The molecular formula is C27H32N2O5. The van der Waals surface area contributed by atoms with Gasteiger partial charge in [0.25, 0.3) is 0 Å². The highest BCUT2D eigenvalue weighted by Gasteiger charge is 2.31. The maximum Gasteiger partial charge on any atom is 0.407 e. The molecule has 0 saturated heterocycles. The van der Waals surface area contributed by atoms with Crippen molar-refractivity contribution in [1.29, 1.82) is 0 Å². The zero-order chi connectivity index (χ0) is 24.2. The van der Waals surface area contributed by atoms with Gasteiger partial charge in [0.1, 0.15) is 6.61 Å². The van der Waals surface area contributed by atoms with Crippen LogP contribution in [0.5, 0.6) is 0 Å². The molecule has 2 amide bonds. The molecule has 7 nitrogen and oxygen atoms in total. The van der Waals surface area contributed by atoms with E-state index in [2.05, 4.69) is 34.9 Å². The van der Waals surface area contributed by atoms with E-state index in [9.17, 15) is 19.5 Å². The van der Waals surface area contributed by atoms with Crippen LogP contribution in [0, 0.1) is 11.8 Å². The summed E-state index contributed by atoms with van der Waals surface area (Å²) in [7, 11) is 0. The van der Waals surface area contributed by atoms with Gasteiger partial charge in [-0.2, -0.15) is 0 Å². The molecule has 34 heavy (non-hydrogen) atoms. The third-order valence-electron chi connectivity index (χ3n) is 7.22. The van der Waals surface area contributed by atoms with Gasteiger partial charge < -0.3 is 20.5 Å². The first-order valence-electron chi connectivity index (χ1n) is 12.0. The first-order valence-corrected chi connectivity index (χ1v) is 12.0. The third-order valence-corrected chi connectivity index (χ3v) is 7.22. The lowest BCUT2D eigenvalue weighted by Crippen LogP contribution is -2.48. The van der Waals surface area contributed by atoms with Gasteiger partial charge in [-0.3, -0.25) is 9.59 Å². The SMILES string of the molecule is CC(NC(=O)OCC1c2ccccc2-c2ccccc21)C(C)C(=O)N[C@@H]1CCC[C@@H](C(=O)O)C1. The number of hydrogen-bond donors (Lipinski definition) is 3. The van der Waals surface area contributed by atoms with Crippen molar-refractivity contribution in [3.8, 4) is 11.1 Å². The second kappa shape index (κ2) is 10.3. The first kappa shape index (κ1) is 23.8. The van der Waals surface area contributed by atoms with Crippen LogP contribution in [-0.2, 0) is 14.3 Å². The van der Waals surface area contributed by atoms with E-state index < -0.39 is 29.9 Å². The minimum atomic E-state index is -0.808. The van der Waals surface area contributed by atoms with Crippen molar-refractivity contribution in [2.24, 2.45) is 11.8 Å². The van der Waals surface area contributed by atoms with Crippen LogP contribution in [0.15, 0.2) is 48.5 Å². The molecule has 7 heteroatoms. The summed E-state index contributed by atoms with van der Waals surface area (Å²) < 4.78 is 5.58. The van der Waals surface area contributed by atoms with Crippen molar-refractivity contribution >= 4 is 18.0 Å². The number of ether oxygens (including phenoxy) is 1. The molecule has 0 radical (unpaired) electrons. The Labute approximate surface area is 199 Å². The normalized spacial score (nSPS) is 21.0. The Hall–Kier alpha value is -3.35. The Morgan fingerprint density at radius 3 is 2.24 bits per heavy atom. The number of benzene rings is 2. The predicted octanol–water partition coefficient (Wildman–Crippen LogP) is 4.31. The van der Waals surface area contributed by atoms with Crippen molar-refractivity contribution in [2.45, 2.75) is 57.5 Å². The van der Waals surface area contributed by atoms with Crippen molar-refractivity contribution < 1.29 is 24.2 Å². The average Bonchev–Trinajstić information content (AvgIpc) is 3.16. The largest absolute Gasteiger partial charge is 0.481 e. The van der Waals surface area contributed by atoms with Gasteiger partial charge in [-0.1, -0.05) is 61.9 Å². The average molecular weight is 465 g/mol. The number of fused-ring (bicyclic) bond motifs is 3. The summed E-state index contributed by atoms with van der Waals surface area (Å²) in [6.07, 6.45) is 2.09. The lowest BCUT2D eigenvalue weighted by atomic mass is 9.85. The van der Waals surface area contributed by atoms with Crippen LogP contribution < -0.4 is 10.6 Å². The van der Waals surface area contributed by atoms with Gasteiger partial charge in [-0.25, -0.2) is 4.79 Å². The molecule has 2 aliphatic carbocycles. The van der Waals surface area contributed by atoms with Gasteiger partial charge in [0.2, 0.25) is 5.91 Å². The van der Waals surface area contributed by atoms with Gasteiger partial charge in [0.05, 0.1) is 11.8 Å². The topological polar surface area (TPSA) is 105 Å². The minimum Gasteiger partial charge on any atom is -0.481 e. The summed E-state index contributed by atoms with van der Waals surface area (Å²) in [6, 6.07) is 15.7. The minimum absolute atomic E-state index is 0.0253. The molecule has 4 atom stereocenters. The molecule has 4 rings (SSSR count). The standard InChI is InChI=1S/C27H32N2O5/c1-16(25(30)29-19-9-7-8-18(14-19)26(31)32)17(2)28-27(33)34-15-24-22-12-5-3-10-20(22)21-11-4-6-13-23(21)24/h3-6,10-13,16-19,24H,7-9,14-15H2,1-2H3,(H,28,33)(H,29,30)(H,31,32)/t16?,17?,18-,19-/m1/s1. The molecule has 0 spiro atoms. The predicted molar refractivity (Wildman–Crippen MR) is 128 cm³/mol. The van der Waals surface area contributed by atoms with Crippen molar-refractivity contribution in [3.05, 3.63) is 59.7 Å². The number of amides is 2. The van der Waals surface area contributed by atoms with Gasteiger partial charge >= 0.3 is 12.1 Å². The lowest BCUT2D eigenvalue weighted by molar-refractivity contribution is -0.143. The Morgan fingerprint density at radius 1 is 1.00 bits per heavy atom. The molecule has 1 saturated carbocycles. The van der Waals surface area contributed by atoms with Crippen LogP contribution in [0.1, 0.15) is 56.6 Å². The summed E-state index contributed by atoms with van der Waals surface area (Å²) in [4.78, 5) is 36.5. The Kier molecular flexibility index (Phi) is 7.20. The number of rotatable bonds is 7. The fourth-order valence-corrected chi connectivity index (χ4v) is 5.06. The van der Waals surface area contributed by atoms with E-state index in [0.29, 0.717) is 12.8 Å². The maximum absolute atomic E-state index is 12.7. The number of carboxylic acids is 1. The molecule has 180 valence electrons. The van der Waals surface area contributed by atoms with Crippen LogP contribution in [0.2, 0.25) is 0 Å². The highest BCUT2D eigenvalue weighted by Crippen LogP contribution is 2.44. The van der Waals surface area contributed by atoms with Crippen LogP contribution in [0.3, 0.4) is 0 Å². The van der Waals surface area contributed by atoms with Crippen molar-refractivity contribution in [2.75, 3.05) is 6.61 Å². The van der Waals surface area contributed by atoms with E-state index in [-0.39, 0.29) is 24.5 Å². The number of carboxylic acid groups (broad SMARTS) is 1. The van der Waals surface area contributed by atoms with Gasteiger partial charge in [0, 0.05) is 18.0 Å². The van der Waals surface area contributed by atoms with E-state index in [4.69, 9.17) is 4.74 Å². The molecule has 2 unspecified atom stereocenters. The molecule has 1 fully saturated rings. The summed E-state index contributed by atoms with van der Waals surface area (Å²) in [6.45, 7) is 3.74. The smallest absolute Gasteiger partial charge is 0.407 e. The highest BCUT2D eigenvalue weighted by atomic mass is 16.5. The molecule has 0 aromatic heterocycles. The van der Waals surface area contributed by atoms with E-state index >= 15 is 0 Å². The number of carbonyl (C=O) groups is 3. The quantitative estimate of drug-likeness (QED) is 0.566. The number of nitrogens with one attached hydrogen (secondary N) is 2. The van der Waals surface area contributed by atoms with Crippen molar-refractivity contribution in [1.82, 2.24) is 10.6 Å². The molecule has 0 bridgehead atoms. The summed E-state index contributed by atoms with van der Waals surface area (Å²) in [5.41, 5.74) is 4.62. The second-order valence-electron chi connectivity index (χ2n) is 9.45. The van der Waals surface area contributed by atoms with Crippen LogP contribution in [-0.4, -0.2) is 41.8 Å². The van der Waals surface area contributed by atoms with Gasteiger partial charge in [0.15, 0.2) is 0 Å². The summed E-state index contributed by atoms with van der Waals surface area (Å²) in [5, 5.41) is 15.0. The Bertz CT molecular complexity index is 1020. The highest BCUT2D eigenvalue weighted by molar-refractivity contribution is 5.81. The van der Waals surface area contributed by atoms with Crippen LogP contribution in [0.25, 0.3) is 11.1 Å². The second-order valence-corrected chi connectivity index (χ2v) is 9.45. The molecule has 3 N–H and O–H groups in total. The molecule has 2 aromatic rings. The fraction of sp³-hybridized carbons (Fsp3) is 0.444. The molecule has 2 aromatic carbocycles. The Balaban J connectivity index is 1.29. The first-order chi connectivity index (χ1) is 16.3. The third kappa shape index (κ3) is 5.08. The zero-order valence-electron chi connectivity index (χ0n) is 19.6. The zero-order valence-corrected chi connectivity index (χ0v) is 19.6. The number of hydrogen-bond acceptors (Lipinski definition) is 4. The molecule has 2 aliphatic rings. The Morgan fingerprint density at radius 2 is 1.62 bits per heavy atom. The van der Waals surface area contributed by atoms with E-state index in [1.54, 1.807) is 13.8 Å². The monoisotopic (exact) mass is 464 g/mol. The van der Waals surface area contributed by atoms with E-state index in [0.717, 1.165) is 24.0 Å². The van der Waals surface area contributed by atoms with Gasteiger partial charge in [-0.15, -0.1) is 0 Å². The molecule has 0 heterocycles. The number of carbonyl (C=O) groups excluding carboxylic acids is 2. The summed E-state index contributed by atoms with van der Waals surface area (Å²) >= 11 is 0. The van der Waals surface area contributed by atoms with Crippen LogP contribution in [0.4, 0.5) is 4.79 Å².